The molecule has 80 valence electrons. The monoisotopic (exact) mass is 186 g/mol. The molecule has 0 rings (SSSR count). The number of nitrogens with zero attached hydrogens (tertiary/aromatic N) is 1. The van der Waals surface area contributed by atoms with E-state index in [-0.39, 0.29) is 0 Å². The van der Waals surface area contributed by atoms with E-state index in [1.165, 1.54) is 25.9 Å². The summed E-state index contributed by atoms with van der Waals surface area (Å²) in [5, 5.41) is 3.36. The molecule has 2 heteroatoms. The topological polar surface area (TPSA) is 15.3 Å². The van der Waals surface area contributed by atoms with Crippen LogP contribution in [-0.2, 0) is 0 Å². The minimum atomic E-state index is 0.837. The lowest BCUT2D eigenvalue weighted by atomic mass is 10.1. The zero-order valence-corrected chi connectivity index (χ0v) is 9.77. The Hall–Kier alpha value is -0.0800. The van der Waals surface area contributed by atoms with Crippen LogP contribution >= 0.6 is 0 Å². The molecule has 0 spiro atoms. The largest absolute Gasteiger partial charge is 0.317 e. The van der Waals surface area contributed by atoms with Crippen molar-refractivity contribution in [2.75, 3.05) is 33.2 Å². The van der Waals surface area contributed by atoms with Gasteiger partial charge in [0.25, 0.3) is 0 Å². The average Bonchev–Trinajstić information content (AvgIpc) is 2.12. The van der Waals surface area contributed by atoms with Gasteiger partial charge in [-0.25, -0.2) is 0 Å². The van der Waals surface area contributed by atoms with Crippen LogP contribution in [0.15, 0.2) is 0 Å². The number of hydrogen-bond acceptors (Lipinski definition) is 2. The number of rotatable bonds is 8. The van der Waals surface area contributed by atoms with E-state index in [0.29, 0.717) is 0 Å². The lowest BCUT2D eigenvalue weighted by molar-refractivity contribution is 0.287. The third kappa shape index (κ3) is 8.26. The molecule has 0 saturated heterocycles. The molecule has 1 N–H and O–H groups in total. The molecule has 0 aromatic heterocycles. The molecule has 13 heavy (non-hydrogen) atoms. The fourth-order valence-corrected chi connectivity index (χ4v) is 1.50. The summed E-state index contributed by atoms with van der Waals surface area (Å²) in [6.45, 7) is 11.4. The van der Waals surface area contributed by atoms with E-state index in [2.05, 4.69) is 38.0 Å². The summed E-state index contributed by atoms with van der Waals surface area (Å²) in [4.78, 5) is 2.39. The fourth-order valence-electron chi connectivity index (χ4n) is 1.50. The molecule has 0 bridgehead atoms. The first-order valence-electron chi connectivity index (χ1n) is 5.59. The zero-order chi connectivity index (χ0) is 10.1. The van der Waals surface area contributed by atoms with Crippen molar-refractivity contribution in [1.82, 2.24) is 10.2 Å². The summed E-state index contributed by atoms with van der Waals surface area (Å²) >= 11 is 0. The molecule has 1 atom stereocenters. The van der Waals surface area contributed by atoms with Crippen LogP contribution in [0.4, 0.5) is 0 Å². The quantitative estimate of drug-likeness (QED) is 0.583. The van der Waals surface area contributed by atoms with Gasteiger partial charge in [-0.05, 0) is 45.4 Å². The van der Waals surface area contributed by atoms with Crippen LogP contribution in [0.2, 0.25) is 0 Å². The first kappa shape index (κ1) is 12.9. The van der Waals surface area contributed by atoms with Crippen LogP contribution in [0.3, 0.4) is 0 Å². The lowest BCUT2D eigenvalue weighted by Crippen LogP contribution is -2.24. The van der Waals surface area contributed by atoms with Crippen LogP contribution in [-0.4, -0.2) is 38.1 Å². The predicted molar refractivity (Wildman–Crippen MR) is 60.1 cm³/mol. The van der Waals surface area contributed by atoms with Crippen LogP contribution in [0.25, 0.3) is 0 Å². The predicted octanol–water partition coefficient (Wildman–Crippen LogP) is 1.96. The highest BCUT2D eigenvalue weighted by Crippen LogP contribution is 2.05. The molecule has 0 amide bonds. The van der Waals surface area contributed by atoms with Gasteiger partial charge in [-0.15, -0.1) is 0 Å². The third-order valence-electron chi connectivity index (χ3n) is 2.46. The zero-order valence-electron chi connectivity index (χ0n) is 9.77. The summed E-state index contributed by atoms with van der Waals surface area (Å²) in [5.74, 6) is 0.837. The summed E-state index contributed by atoms with van der Waals surface area (Å²) in [5.41, 5.74) is 0. The van der Waals surface area contributed by atoms with E-state index in [9.17, 15) is 0 Å². The second kappa shape index (κ2) is 8.52. The first-order valence-corrected chi connectivity index (χ1v) is 5.59. The van der Waals surface area contributed by atoms with Crippen molar-refractivity contribution in [1.29, 1.82) is 0 Å². The summed E-state index contributed by atoms with van der Waals surface area (Å²) in [6.07, 6.45) is 2.66. The number of hydrogen-bond donors (Lipinski definition) is 1. The molecule has 0 heterocycles. The molecule has 0 fully saturated rings. The van der Waals surface area contributed by atoms with E-state index in [1.807, 2.05) is 0 Å². The van der Waals surface area contributed by atoms with Crippen molar-refractivity contribution >= 4 is 0 Å². The van der Waals surface area contributed by atoms with E-state index in [4.69, 9.17) is 0 Å². The van der Waals surface area contributed by atoms with E-state index in [1.54, 1.807) is 0 Å². The van der Waals surface area contributed by atoms with Crippen molar-refractivity contribution < 1.29 is 0 Å². The van der Waals surface area contributed by atoms with Gasteiger partial charge in [0.15, 0.2) is 0 Å². The van der Waals surface area contributed by atoms with Crippen molar-refractivity contribution in [2.24, 2.45) is 5.92 Å². The second-order valence-corrected chi connectivity index (χ2v) is 3.96. The maximum atomic E-state index is 3.36. The van der Waals surface area contributed by atoms with Gasteiger partial charge in [-0.2, -0.15) is 0 Å². The van der Waals surface area contributed by atoms with Gasteiger partial charge in [0.2, 0.25) is 0 Å². The highest BCUT2D eigenvalue weighted by Gasteiger charge is 2.03. The van der Waals surface area contributed by atoms with Crippen molar-refractivity contribution in [3.63, 3.8) is 0 Å². The SMILES string of the molecule is CCNCCCC(C)CN(C)CC. The molecule has 0 aliphatic rings. The van der Waals surface area contributed by atoms with Crippen LogP contribution < -0.4 is 5.32 Å². The van der Waals surface area contributed by atoms with Crippen molar-refractivity contribution in [3.8, 4) is 0 Å². The second-order valence-electron chi connectivity index (χ2n) is 3.96. The Morgan fingerprint density at radius 3 is 2.54 bits per heavy atom. The Balaban J connectivity index is 3.24. The smallest absolute Gasteiger partial charge is 0.000386 e. The first-order chi connectivity index (χ1) is 6.20. The Morgan fingerprint density at radius 2 is 2.00 bits per heavy atom. The summed E-state index contributed by atoms with van der Waals surface area (Å²) in [7, 11) is 2.20. The van der Waals surface area contributed by atoms with Gasteiger partial charge in [0.05, 0.1) is 0 Å². The molecular weight excluding hydrogens is 160 g/mol. The highest BCUT2D eigenvalue weighted by molar-refractivity contribution is 4.59. The lowest BCUT2D eigenvalue weighted by Gasteiger charge is -2.19. The van der Waals surface area contributed by atoms with Crippen molar-refractivity contribution in [2.45, 2.75) is 33.6 Å². The minimum Gasteiger partial charge on any atom is -0.317 e. The Kier molecular flexibility index (Phi) is 8.46. The maximum Gasteiger partial charge on any atom is 0.000386 e. The molecule has 0 aliphatic heterocycles. The fraction of sp³-hybridized carbons (Fsp3) is 1.00. The van der Waals surface area contributed by atoms with E-state index < -0.39 is 0 Å². The van der Waals surface area contributed by atoms with Gasteiger partial charge < -0.3 is 10.2 Å². The minimum absolute atomic E-state index is 0.837. The highest BCUT2D eigenvalue weighted by atomic mass is 15.1. The van der Waals surface area contributed by atoms with Gasteiger partial charge in [0.1, 0.15) is 0 Å². The van der Waals surface area contributed by atoms with Crippen LogP contribution in [0, 0.1) is 5.92 Å². The molecule has 0 aliphatic carbocycles. The van der Waals surface area contributed by atoms with Gasteiger partial charge in [0, 0.05) is 6.54 Å². The third-order valence-corrected chi connectivity index (χ3v) is 2.46. The normalized spacial score (nSPS) is 13.6. The molecule has 0 aromatic rings. The van der Waals surface area contributed by atoms with Gasteiger partial charge in [-0.1, -0.05) is 20.8 Å². The summed E-state index contributed by atoms with van der Waals surface area (Å²) in [6, 6.07) is 0. The Morgan fingerprint density at radius 1 is 1.31 bits per heavy atom. The molecular formula is C11H26N2. The van der Waals surface area contributed by atoms with Gasteiger partial charge in [-0.3, -0.25) is 0 Å². The van der Waals surface area contributed by atoms with E-state index in [0.717, 1.165) is 19.0 Å². The molecule has 0 aromatic carbocycles. The maximum absolute atomic E-state index is 3.36. The average molecular weight is 186 g/mol. The van der Waals surface area contributed by atoms with Crippen LogP contribution in [0.1, 0.15) is 33.6 Å². The Labute approximate surface area is 83.7 Å². The number of nitrogens with one attached hydrogen (secondary N) is 1. The molecule has 0 radical (unpaired) electrons. The summed E-state index contributed by atoms with van der Waals surface area (Å²) < 4.78 is 0. The van der Waals surface area contributed by atoms with Gasteiger partial charge >= 0.3 is 0 Å². The molecule has 1 unspecified atom stereocenters. The van der Waals surface area contributed by atoms with E-state index >= 15 is 0 Å². The standard InChI is InChI=1S/C11H26N2/c1-5-12-9-7-8-11(3)10-13(4)6-2/h11-12H,5-10H2,1-4H3. The molecule has 0 saturated carbocycles. The Bertz CT molecular complexity index is 104. The molecule has 2 nitrogen and oxygen atoms in total. The van der Waals surface area contributed by atoms with Crippen molar-refractivity contribution in [3.05, 3.63) is 0 Å². The van der Waals surface area contributed by atoms with Crippen LogP contribution in [0.5, 0.6) is 0 Å².